The lowest BCUT2D eigenvalue weighted by atomic mass is 10.0. The van der Waals surface area contributed by atoms with E-state index in [4.69, 9.17) is 9.15 Å². The van der Waals surface area contributed by atoms with Crippen LogP contribution < -0.4 is 4.74 Å². The van der Waals surface area contributed by atoms with Crippen molar-refractivity contribution in [3.63, 3.8) is 0 Å². The van der Waals surface area contributed by atoms with Crippen LogP contribution in [0.4, 0.5) is 0 Å². The zero-order valence-electron chi connectivity index (χ0n) is 14.3. The van der Waals surface area contributed by atoms with Gasteiger partial charge in [-0.1, -0.05) is 42.5 Å². The lowest BCUT2D eigenvalue weighted by Crippen LogP contribution is -2.36. The van der Waals surface area contributed by atoms with E-state index in [-0.39, 0.29) is 11.9 Å². The highest BCUT2D eigenvalue weighted by atomic mass is 16.5. The summed E-state index contributed by atoms with van der Waals surface area (Å²) in [4.78, 5) is 15.0. The summed E-state index contributed by atoms with van der Waals surface area (Å²) in [5, 5.41) is 0.890. The third-order valence-corrected chi connectivity index (χ3v) is 4.89. The Morgan fingerprint density at radius 2 is 2.04 bits per heavy atom. The number of ether oxygens (including phenoxy) is 1. The van der Waals surface area contributed by atoms with Crippen LogP contribution in [0.25, 0.3) is 11.0 Å². The van der Waals surface area contributed by atoms with Crippen molar-refractivity contribution in [3.8, 4) is 5.75 Å². The number of furan rings is 1. The van der Waals surface area contributed by atoms with Crippen LogP contribution in [0.5, 0.6) is 5.75 Å². The summed E-state index contributed by atoms with van der Waals surface area (Å²) < 4.78 is 11.2. The molecule has 3 aromatic rings. The molecule has 4 nitrogen and oxygen atoms in total. The molecule has 1 amide bonds. The first-order chi connectivity index (χ1) is 12.3. The van der Waals surface area contributed by atoms with Crippen molar-refractivity contribution < 1.29 is 13.9 Å². The summed E-state index contributed by atoms with van der Waals surface area (Å²) in [5.74, 6) is 1.01. The van der Waals surface area contributed by atoms with Gasteiger partial charge in [0.25, 0.3) is 5.91 Å². The standard InChI is InChI=1S/C21H21NO3/c1-24-18-11-5-9-16-14-19(25-20(16)18)21(23)22-12-6-10-17(22)13-15-7-3-2-4-8-15/h2-5,7-9,11,14,17H,6,10,12-13H2,1H3. The second-order valence-corrected chi connectivity index (χ2v) is 6.47. The van der Waals surface area contributed by atoms with Crippen molar-refractivity contribution in [2.75, 3.05) is 13.7 Å². The molecule has 2 aromatic carbocycles. The molecule has 1 aromatic heterocycles. The Hall–Kier alpha value is -2.75. The van der Waals surface area contributed by atoms with E-state index in [2.05, 4.69) is 12.1 Å². The summed E-state index contributed by atoms with van der Waals surface area (Å²) in [5.41, 5.74) is 1.89. The van der Waals surface area contributed by atoms with Crippen molar-refractivity contribution in [1.82, 2.24) is 4.90 Å². The SMILES string of the molecule is COc1cccc2cc(C(=O)N3CCCC3Cc3ccccc3)oc12. The summed E-state index contributed by atoms with van der Waals surface area (Å²) in [6.45, 7) is 0.782. The molecule has 1 fully saturated rings. The molecule has 4 rings (SSSR count). The van der Waals surface area contributed by atoms with Gasteiger partial charge in [-0.25, -0.2) is 0 Å². The number of hydrogen-bond acceptors (Lipinski definition) is 3. The molecule has 4 heteroatoms. The van der Waals surface area contributed by atoms with Crippen molar-refractivity contribution >= 4 is 16.9 Å². The van der Waals surface area contributed by atoms with Crippen LogP contribution in [0.2, 0.25) is 0 Å². The van der Waals surface area contributed by atoms with Gasteiger partial charge in [0.1, 0.15) is 0 Å². The predicted molar refractivity (Wildman–Crippen MR) is 97.0 cm³/mol. The van der Waals surface area contributed by atoms with Crippen LogP contribution in [0.1, 0.15) is 29.0 Å². The lowest BCUT2D eigenvalue weighted by molar-refractivity contribution is 0.0706. The normalized spacial score (nSPS) is 17.2. The molecule has 0 spiro atoms. The van der Waals surface area contributed by atoms with Gasteiger partial charge in [-0.2, -0.15) is 0 Å². The van der Waals surface area contributed by atoms with Gasteiger partial charge in [0.2, 0.25) is 0 Å². The van der Waals surface area contributed by atoms with Crippen molar-refractivity contribution in [1.29, 1.82) is 0 Å². The molecule has 0 saturated carbocycles. The Morgan fingerprint density at radius 3 is 2.84 bits per heavy atom. The molecule has 128 valence electrons. The molecule has 0 N–H and O–H groups in total. The van der Waals surface area contributed by atoms with E-state index >= 15 is 0 Å². The third kappa shape index (κ3) is 3.00. The Kier molecular flexibility index (Phi) is 4.18. The molecule has 1 atom stereocenters. The second-order valence-electron chi connectivity index (χ2n) is 6.47. The molecular weight excluding hydrogens is 314 g/mol. The minimum Gasteiger partial charge on any atom is -0.493 e. The molecule has 0 radical (unpaired) electrons. The van der Waals surface area contributed by atoms with Crippen LogP contribution in [0.15, 0.2) is 59.0 Å². The molecule has 0 aliphatic carbocycles. The number of methoxy groups -OCH3 is 1. The maximum Gasteiger partial charge on any atom is 0.289 e. The number of likely N-dealkylation sites (tertiary alicyclic amines) is 1. The largest absolute Gasteiger partial charge is 0.493 e. The van der Waals surface area contributed by atoms with Gasteiger partial charge in [0, 0.05) is 18.0 Å². The molecule has 1 aliphatic heterocycles. The fraction of sp³-hybridized carbons (Fsp3) is 0.286. The number of para-hydroxylation sites is 1. The van der Waals surface area contributed by atoms with E-state index in [1.165, 1.54) is 5.56 Å². The van der Waals surface area contributed by atoms with Gasteiger partial charge in [0.05, 0.1) is 7.11 Å². The van der Waals surface area contributed by atoms with Gasteiger partial charge < -0.3 is 14.1 Å². The Balaban J connectivity index is 1.59. The predicted octanol–water partition coefficient (Wildman–Crippen LogP) is 4.29. The molecule has 1 aliphatic rings. The molecule has 1 saturated heterocycles. The Labute approximate surface area is 147 Å². The van der Waals surface area contributed by atoms with E-state index in [1.807, 2.05) is 47.4 Å². The number of nitrogens with zero attached hydrogens (tertiary/aromatic N) is 1. The van der Waals surface area contributed by atoms with E-state index in [0.717, 1.165) is 31.2 Å². The van der Waals surface area contributed by atoms with Crippen molar-refractivity contribution in [2.45, 2.75) is 25.3 Å². The number of carbonyl (C=O) groups excluding carboxylic acids is 1. The summed E-state index contributed by atoms with van der Waals surface area (Å²) >= 11 is 0. The highest BCUT2D eigenvalue weighted by Gasteiger charge is 2.31. The monoisotopic (exact) mass is 335 g/mol. The number of benzene rings is 2. The summed E-state index contributed by atoms with van der Waals surface area (Å²) in [6, 6.07) is 18.1. The van der Waals surface area contributed by atoms with Gasteiger partial charge in [-0.15, -0.1) is 0 Å². The van der Waals surface area contributed by atoms with Gasteiger partial charge in [-0.3, -0.25) is 4.79 Å². The number of hydrogen-bond donors (Lipinski definition) is 0. The molecular formula is C21H21NO3. The fourth-order valence-corrected chi connectivity index (χ4v) is 3.65. The highest BCUT2D eigenvalue weighted by molar-refractivity contribution is 5.97. The lowest BCUT2D eigenvalue weighted by Gasteiger charge is -2.23. The molecule has 2 heterocycles. The quantitative estimate of drug-likeness (QED) is 0.714. The first kappa shape index (κ1) is 15.8. The first-order valence-corrected chi connectivity index (χ1v) is 8.67. The highest BCUT2D eigenvalue weighted by Crippen LogP contribution is 2.30. The number of carbonyl (C=O) groups is 1. The summed E-state index contributed by atoms with van der Waals surface area (Å²) in [6.07, 6.45) is 2.95. The minimum absolute atomic E-state index is 0.0308. The van der Waals surface area contributed by atoms with E-state index in [1.54, 1.807) is 7.11 Å². The zero-order chi connectivity index (χ0) is 17.2. The van der Waals surface area contributed by atoms with Crippen LogP contribution in [0.3, 0.4) is 0 Å². The first-order valence-electron chi connectivity index (χ1n) is 8.67. The molecule has 0 bridgehead atoms. The van der Waals surface area contributed by atoms with Crippen molar-refractivity contribution in [3.05, 3.63) is 65.9 Å². The van der Waals surface area contributed by atoms with Gasteiger partial charge >= 0.3 is 0 Å². The van der Waals surface area contributed by atoms with Crippen LogP contribution >= 0.6 is 0 Å². The number of amides is 1. The molecule has 25 heavy (non-hydrogen) atoms. The van der Waals surface area contributed by atoms with Crippen molar-refractivity contribution in [2.24, 2.45) is 0 Å². The Morgan fingerprint density at radius 1 is 1.20 bits per heavy atom. The maximum absolute atomic E-state index is 13.0. The van der Waals surface area contributed by atoms with Crippen LogP contribution in [-0.2, 0) is 6.42 Å². The minimum atomic E-state index is -0.0308. The number of rotatable bonds is 4. The average Bonchev–Trinajstić information content (AvgIpc) is 3.28. The van der Waals surface area contributed by atoms with Gasteiger partial charge in [0.15, 0.2) is 17.1 Å². The van der Waals surface area contributed by atoms with Crippen LogP contribution in [-0.4, -0.2) is 30.5 Å². The second kappa shape index (κ2) is 6.63. The fourth-order valence-electron chi connectivity index (χ4n) is 3.65. The summed E-state index contributed by atoms with van der Waals surface area (Å²) in [7, 11) is 1.61. The van der Waals surface area contributed by atoms with Gasteiger partial charge in [-0.05, 0) is 37.0 Å². The van der Waals surface area contributed by atoms with E-state index in [0.29, 0.717) is 17.1 Å². The Bertz CT molecular complexity index is 885. The maximum atomic E-state index is 13.0. The zero-order valence-corrected chi connectivity index (χ0v) is 14.3. The van der Waals surface area contributed by atoms with Crippen LogP contribution in [0, 0.1) is 0 Å². The molecule has 1 unspecified atom stereocenters. The number of fused-ring (bicyclic) bond motifs is 1. The smallest absolute Gasteiger partial charge is 0.289 e. The van der Waals surface area contributed by atoms with E-state index in [9.17, 15) is 4.79 Å². The van der Waals surface area contributed by atoms with E-state index < -0.39 is 0 Å². The third-order valence-electron chi connectivity index (χ3n) is 4.89. The topological polar surface area (TPSA) is 42.7 Å². The average molecular weight is 335 g/mol.